The molecule has 1 aromatic heterocycles. The standard InChI is InChI=1S/C15H16N2O3/c1-11-8-13(9-16-20-10-15(18)19)12(2)17(11)14-6-4-3-5-7-14/h3-9H,10H2,1-2H3,(H,18,19)/b16-9-. The highest BCUT2D eigenvalue weighted by Gasteiger charge is 2.08. The van der Waals surface area contributed by atoms with Crippen molar-refractivity contribution in [3.05, 3.63) is 53.3 Å². The lowest BCUT2D eigenvalue weighted by atomic mass is 10.2. The second-order valence-corrected chi connectivity index (χ2v) is 4.40. The Morgan fingerprint density at radius 1 is 1.35 bits per heavy atom. The van der Waals surface area contributed by atoms with Crippen LogP contribution in [0.3, 0.4) is 0 Å². The zero-order valence-electron chi connectivity index (χ0n) is 11.4. The Morgan fingerprint density at radius 2 is 2.05 bits per heavy atom. The summed E-state index contributed by atoms with van der Waals surface area (Å²) in [6.07, 6.45) is 1.53. The predicted molar refractivity (Wildman–Crippen MR) is 76.4 cm³/mol. The molecule has 0 aliphatic rings. The number of carboxylic acid groups (broad SMARTS) is 1. The minimum absolute atomic E-state index is 0.437. The maximum Gasteiger partial charge on any atom is 0.344 e. The van der Waals surface area contributed by atoms with Crippen LogP contribution in [0.15, 0.2) is 41.6 Å². The molecule has 5 nitrogen and oxygen atoms in total. The van der Waals surface area contributed by atoms with Gasteiger partial charge in [0.25, 0.3) is 0 Å². The second-order valence-electron chi connectivity index (χ2n) is 4.40. The highest BCUT2D eigenvalue weighted by atomic mass is 16.6. The van der Waals surface area contributed by atoms with Crippen molar-refractivity contribution in [1.29, 1.82) is 0 Å². The quantitative estimate of drug-likeness (QED) is 0.672. The summed E-state index contributed by atoms with van der Waals surface area (Å²) in [5.74, 6) is -1.04. The monoisotopic (exact) mass is 272 g/mol. The van der Waals surface area contributed by atoms with Crippen LogP contribution < -0.4 is 0 Å². The molecular weight excluding hydrogens is 256 g/mol. The van der Waals surface area contributed by atoms with Crippen molar-refractivity contribution in [3.63, 3.8) is 0 Å². The van der Waals surface area contributed by atoms with Gasteiger partial charge < -0.3 is 14.5 Å². The van der Waals surface area contributed by atoms with Crippen molar-refractivity contribution in [2.24, 2.45) is 5.16 Å². The van der Waals surface area contributed by atoms with Gasteiger partial charge in [0.15, 0.2) is 0 Å². The molecule has 0 radical (unpaired) electrons. The van der Waals surface area contributed by atoms with Crippen molar-refractivity contribution in [2.45, 2.75) is 13.8 Å². The molecule has 0 bridgehead atoms. The third-order valence-electron chi connectivity index (χ3n) is 2.94. The fourth-order valence-corrected chi connectivity index (χ4v) is 2.08. The fourth-order valence-electron chi connectivity index (χ4n) is 2.08. The van der Waals surface area contributed by atoms with Crippen LogP contribution in [-0.2, 0) is 9.63 Å². The largest absolute Gasteiger partial charge is 0.479 e. The number of hydrogen-bond acceptors (Lipinski definition) is 3. The van der Waals surface area contributed by atoms with E-state index in [4.69, 9.17) is 5.11 Å². The van der Waals surface area contributed by atoms with Gasteiger partial charge in [-0.2, -0.15) is 0 Å². The number of nitrogens with zero attached hydrogens (tertiary/aromatic N) is 2. The molecule has 5 heteroatoms. The Hall–Kier alpha value is -2.56. The van der Waals surface area contributed by atoms with Gasteiger partial charge in [0.2, 0.25) is 6.61 Å². The van der Waals surface area contributed by atoms with Gasteiger partial charge in [0.1, 0.15) is 0 Å². The predicted octanol–water partition coefficient (Wildman–Crippen LogP) is 2.53. The smallest absolute Gasteiger partial charge is 0.344 e. The second kappa shape index (κ2) is 6.06. The third kappa shape index (κ3) is 3.06. The first-order valence-corrected chi connectivity index (χ1v) is 6.21. The molecule has 2 rings (SSSR count). The number of aryl methyl sites for hydroxylation is 1. The Bertz CT molecular complexity index is 630. The maximum atomic E-state index is 10.3. The van der Waals surface area contributed by atoms with Gasteiger partial charge in [-0.15, -0.1) is 0 Å². The van der Waals surface area contributed by atoms with E-state index >= 15 is 0 Å². The first-order chi connectivity index (χ1) is 9.59. The van der Waals surface area contributed by atoms with Crippen LogP contribution >= 0.6 is 0 Å². The highest BCUT2D eigenvalue weighted by molar-refractivity contribution is 5.81. The summed E-state index contributed by atoms with van der Waals surface area (Å²) < 4.78 is 2.11. The molecule has 0 unspecified atom stereocenters. The van der Waals surface area contributed by atoms with E-state index in [0.29, 0.717) is 0 Å². The van der Waals surface area contributed by atoms with E-state index in [-0.39, 0.29) is 0 Å². The lowest BCUT2D eigenvalue weighted by Gasteiger charge is -2.08. The number of rotatable bonds is 5. The van der Waals surface area contributed by atoms with Gasteiger partial charge >= 0.3 is 5.97 Å². The Labute approximate surface area is 117 Å². The van der Waals surface area contributed by atoms with Crippen molar-refractivity contribution in [1.82, 2.24) is 4.57 Å². The van der Waals surface area contributed by atoms with E-state index in [1.54, 1.807) is 0 Å². The van der Waals surface area contributed by atoms with Crippen LogP contribution in [0.4, 0.5) is 0 Å². The minimum Gasteiger partial charge on any atom is -0.479 e. The lowest BCUT2D eigenvalue weighted by Crippen LogP contribution is -2.03. The van der Waals surface area contributed by atoms with Gasteiger partial charge in [-0.1, -0.05) is 23.4 Å². The number of carbonyl (C=O) groups is 1. The van der Waals surface area contributed by atoms with Crippen LogP contribution in [0.25, 0.3) is 5.69 Å². The molecule has 0 saturated carbocycles. The van der Waals surface area contributed by atoms with Crippen molar-refractivity contribution >= 4 is 12.2 Å². The molecule has 1 N–H and O–H groups in total. The zero-order chi connectivity index (χ0) is 14.5. The molecule has 0 spiro atoms. The molecule has 2 aromatic rings. The fraction of sp³-hybridized carbons (Fsp3) is 0.200. The molecule has 104 valence electrons. The summed E-state index contributed by atoms with van der Waals surface area (Å²) in [7, 11) is 0. The third-order valence-corrected chi connectivity index (χ3v) is 2.94. The molecule has 0 saturated heterocycles. The Kier molecular flexibility index (Phi) is 4.20. The molecule has 1 heterocycles. The number of benzene rings is 1. The average molecular weight is 272 g/mol. The SMILES string of the molecule is Cc1cc(/C=N\OCC(=O)O)c(C)n1-c1ccccc1. The molecule has 0 aliphatic heterocycles. The zero-order valence-corrected chi connectivity index (χ0v) is 11.4. The molecule has 0 atom stereocenters. The number of oxime groups is 1. The summed E-state index contributed by atoms with van der Waals surface area (Å²) >= 11 is 0. The van der Waals surface area contributed by atoms with Crippen LogP contribution in [0.1, 0.15) is 17.0 Å². The van der Waals surface area contributed by atoms with Crippen molar-refractivity contribution in [2.75, 3.05) is 6.61 Å². The van der Waals surface area contributed by atoms with E-state index in [1.165, 1.54) is 6.21 Å². The van der Waals surface area contributed by atoms with Crippen LogP contribution in [-0.4, -0.2) is 28.5 Å². The summed E-state index contributed by atoms with van der Waals surface area (Å²) in [6, 6.07) is 12.0. The molecular formula is C15H16N2O3. The number of aliphatic carboxylic acids is 1. The molecule has 0 amide bonds. The summed E-state index contributed by atoms with van der Waals surface area (Å²) in [5.41, 5.74) is 4.08. The number of aromatic nitrogens is 1. The first kappa shape index (κ1) is 13.9. The molecule has 0 aliphatic carbocycles. The Balaban J connectivity index is 2.23. The van der Waals surface area contributed by atoms with Gasteiger partial charge in [-0.05, 0) is 32.0 Å². The highest BCUT2D eigenvalue weighted by Crippen LogP contribution is 2.19. The lowest BCUT2D eigenvalue weighted by molar-refractivity contribution is -0.142. The summed E-state index contributed by atoms with van der Waals surface area (Å²) in [5, 5.41) is 12.1. The van der Waals surface area contributed by atoms with Gasteiger partial charge in [-0.25, -0.2) is 4.79 Å². The van der Waals surface area contributed by atoms with E-state index in [2.05, 4.69) is 14.6 Å². The molecule has 1 aromatic carbocycles. The average Bonchev–Trinajstić information content (AvgIpc) is 2.70. The Morgan fingerprint density at radius 3 is 2.70 bits per heavy atom. The first-order valence-electron chi connectivity index (χ1n) is 6.21. The normalized spacial score (nSPS) is 10.9. The van der Waals surface area contributed by atoms with Gasteiger partial charge in [0.05, 0.1) is 6.21 Å². The number of hydrogen-bond donors (Lipinski definition) is 1. The summed E-state index contributed by atoms with van der Waals surface area (Å²) in [6.45, 7) is 3.56. The van der Waals surface area contributed by atoms with Crippen LogP contribution in [0.2, 0.25) is 0 Å². The van der Waals surface area contributed by atoms with Crippen LogP contribution in [0.5, 0.6) is 0 Å². The van der Waals surface area contributed by atoms with Crippen LogP contribution in [0, 0.1) is 13.8 Å². The van der Waals surface area contributed by atoms with Gasteiger partial charge in [-0.3, -0.25) is 0 Å². The topological polar surface area (TPSA) is 63.8 Å². The molecule has 20 heavy (non-hydrogen) atoms. The van der Waals surface area contributed by atoms with E-state index in [1.807, 2.05) is 50.2 Å². The van der Waals surface area contributed by atoms with E-state index < -0.39 is 12.6 Å². The van der Waals surface area contributed by atoms with Crippen molar-refractivity contribution < 1.29 is 14.7 Å². The number of carboxylic acids is 1. The molecule has 0 fully saturated rings. The maximum absolute atomic E-state index is 10.3. The number of para-hydroxylation sites is 1. The van der Waals surface area contributed by atoms with E-state index in [9.17, 15) is 4.79 Å². The summed E-state index contributed by atoms with van der Waals surface area (Å²) in [4.78, 5) is 15.0. The van der Waals surface area contributed by atoms with Gasteiger partial charge in [0, 0.05) is 22.6 Å². The van der Waals surface area contributed by atoms with Crippen molar-refractivity contribution in [3.8, 4) is 5.69 Å². The minimum atomic E-state index is -1.04. The van der Waals surface area contributed by atoms with E-state index in [0.717, 1.165) is 22.6 Å².